The zero-order valence-corrected chi connectivity index (χ0v) is 11.0. The van der Waals surface area contributed by atoms with Crippen molar-refractivity contribution in [3.8, 4) is 0 Å². The van der Waals surface area contributed by atoms with Gasteiger partial charge in [-0.2, -0.15) is 0 Å². The minimum absolute atomic E-state index is 0.0496. The predicted octanol–water partition coefficient (Wildman–Crippen LogP) is 2.52. The van der Waals surface area contributed by atoms with Crippen molar-refractivity contribution in [2.75, 3.05) is 6.54 Å². The van der Waals surface area contributed by atoms with Gasteiger partial charge in [0, 0.05) is 6.07 Å². The first-order chi connectivity index (χ1) is 8.67. The van der Waals surface area contributed by atoms with Gasteiger partial charge in [-0.3, -0.25) is 0 Å². The van der Waals surface area contributed by atoms with E-state index in [1.54, 1.807) is 20.8 Å². The second-order valence-corrected chi connectivity index (χ2v) is 5.10. The molecule has 2 N–H and O–H groups in total. The van der Waals surface area contributed by atoms with E-state index in [0.717, 1.165) is 12.1 Å². The lowest BCUT2D eigenvalue weighted by atomic mass is 10.1. The number of aliphatic hydroxyl groups is 1. The molecule has 1 amide bonds. The van der Waals surface area contributed by atoms with Crippen LogP contribution >= 0.6 is 0 Å². The third-order valence-corrected chi connectivity index (χ3v) is 2.11. The Morgan fingerprint density at radius 2 is 1.84 bits per heavy atom. The average Bonchev–Trinajstić information content (AvgIpc) is 2.22. The number of carbonyl (C=O) groups is 1. The average molecular weight is 273 g/mol. The van der Waals surface area contributed by atoms with Crippen molar-refractivity contribution in [3.63, 3.8) is 0 Å². The molecule has 1 unspecified atom stereocenters. The smallest absolute Gasteiger partial charge is 0.407 e. The van der Waals surface area contributed by atoms with E-state index in [1.165, 1.54) is 0 Å². The quantitative estimate of drug-likeness (QED) is 0.889. The van der Waals surface area contributed by atoms with Crippen molar-refractivity contribution < 1.29 is 23.4 Å². The Kier molecular flexibility index (Phi) is 4.83. The Balaban J connectivity index is 2.56. The van der Waals surface area contributed by atoms with Crippen molar-refractivity contribution in [3.05, 3.63) is 35.4 Å². The van der Waals surface area contributed by atoms with Gasteiger partial charge in [0.05, 0.1) is 12.6 Å². The molecule has 0 bridgehead atoms. The van der Waals surface area contributed by atoms with E-state index in [9.17, 15) is 18.7 Å². The van der Waals surface area contributed by atoms with Crippen molar-refractivity contribution in [2.24, 2.45) is 0 Å². The lowest BCUT2D eigenvalue weighted by Gasteiger charge is -2.20. The number of benzene rings is 1. The van der Waals surface area contributed by atoms with Crippen LogP contribution in [0.1, 0.15) is 32.4 Å². The van der Waals surface area contributed by atoms with Gasteiger partial charge in [0.25, 0.3) is 0 Å². The van der Waals surface area contributed by atoms with Gasteiger partial charge in [-0.1, -0.05) is 0 Å². The van der Waals surface area contributed by atoms with Gasteiger partial charge in [0.2, 0.25) is 0 Å². The highest BCUT2D eigenvalue weighted by Gasteiger charge is 2.17. The molecule has 1 atom stereocenters. The summed E-state index contributed by atoms with van der Waals surface area (Å²) < 4.78 is 30.9. The molecule has 0 aliphatic heterocycles. The van der Waals surface area contributed by atoms with E-state index in [0.29, 0.717) is 6.07 Å². The second kappa shape index (κ2) is 5.97. The summed E-state index contributed by atoms with van der Waals surface area (Å²) in [5, 5.41) is 12.0. The predicted molar refractivity (Wildman–Crippen MR) is 65.6 cm³/mol. The van der Waals surface area contributed by atoms with Crippen LogP contribution in [-0.2, 0) is 4.74 Å². The maximum atomic E-state index is 12.9. The van der Waals surface area contributed by atoms with Crippen LogP contribution in [-0.4, -0.2) is 23.3 Å². The Labute approximate surface area is 110 Å². The summed E-state index contributed by atoms with van der Waals surface area (Å²) in [7, 11) is 0. The van der Waals surface area contributed by atoms with Crippen LogP contribution in [0, 0.1) is 11.6 Å². The number of aliphatic hydroxyl groups excluding tert-OH is 1. The molecule has 0 aromatic heterocycles. The number of rotatable bonds is 3. The first kappa shape index (κ1) is 15.4. The summed E-state index contributed by atoms with van der Waals surface area (Å²) in [5.74, 6) is -1.57. The van der Waals surface area contributed by atoms with Crippen molar-refractivity contribution >= 4 is 6.09 Å². The highest BCUT2D eigenvalue weighted by atomic mass is 19.1. The number of amides is 1. The number of halogens is 2. The molecule has 1 rings (SSSR count). The Morgan fingerprint density at radius 3 is 2.32 bits per heavy atom. The molecule has 1 aromatic rings. The molecule has 0 aliphatic carbocycles. The molecule has 6 heteroatoms. The lowest BCUT2D eigenvalue weighted by molar-refractivity contribution is 0.0491. The topological polar surface area (TPSA) is 58.6 Å². The van der Waals surface area contributed by atoms with Crippen LogP contribution in [0.5, 0.6) is 0 Å². The minimum atomic E-state index is -1.21. The number of nitrogens with one attached hydrogen (secondary N) is 1. The Morgan fingerprint density at radius 1 is 1.32 bits per heavy atom. The van der Waals surface area contributed by atoms with Gasteiger partial charge in [-0.15, -0.1) is 0 Å². The third kappa shape index (κ3) is 5.65. The number of hydrogen-bond acceptors (Lipinski definition) is 3. The van der Waals surface area contributed by atoms with E-state index in [-0.39, 0.29) is 12.1 Å². The molecule has 0 saturated heterocycles. The number of ether oxygens (including phenoxy) is 1. The summed E-state index contributed by atoms with van der Waals surface area (Å²) in [6, 6.07) is 2.71. The SMILES string of the molecule is CC(C)(C)OC(=O)NCC(O)c1cc(F)cc(F)c1. The molecular formula is C13H17F2NO3. The van der Waals surface area contributed by atoms with Gasteiger partial charge in [0.15, 0.2) is 0 Å². The van der Waals surface area contributed by atoms with E-state index in [4.69, 9.17) is 4.74 Å². The van der Waals surface area contributed by atoms with E-state index in [2.05, 4.69) is 5.32 Å². The van der Waals surface area contributed by atoms with E-state index in [1.807, 2.05) is 0 Å². The monoisotopic (exact) mass is 273 g/mol. The van der Waals surface area contributed by atoms with Gasteiger partial charge >= 0.3 is 6.09 Å². The van der Waals surface area contributed by atoms with Crippen molar-refractivity contribution in [2.45, 2.75) is 32.5 Å². The largest absolute Gasteiger partial charge is 0.444 e. The maximum absolute atomic E-state index is 12.9. The number of alkyl carbamates (subject to hydrolysis) is 1. The fourth-order valence-corrected chi connectivity index (χ4v) is 1.38. The third-order valence-electron chi connectivity index (χ3n) is 2.11. The molecule has 19 heavy (non-hydrogen) atoms. The summed E-state index contributed by atoms with van der Waals surface area (Å²) in [5.41, 5.74) is -0.603. The van der Waals surface area contributed by atoms with Crippen LogP contribution in [0.3, 0.4) is 0 Å². The molecule has 0 fully saturated rings. The molecule has 106 valence electrons. The van der Waals surface area contributed by atoms with Crippen molar-refractivity contribution in [1.82, 2.24) is 5.32 Å². The van der Waals surface area contributed by atoms with Crippen LogP contribution in [0.2, 0.25) is 0 Å². The number of hydrogen-bond donors (Lipinski definition) is 2. The van der Waals surface area contributed by atoms with Gasteiger partial charge in [0.1, 0.15) is 17.2 Å². The molecule has 1 aromatic carbocycles. The minimum Gasteiger partial charge on any atom is -0.444 e. The normalized spacial score (nSPS) is 12.9. The molecule has 0 aliphatic rings. The van der Waals surface area contributed by atoms with Crippen LogP contribution in [0.25, 0.3) is 0 Å². The first-order valence-electron chi connectivity index (χ1n) is 5.78. The lowest BCUT2D eigenvalue weighted by Crippen LogP contribution is -2.34. The van der Waals surface area contributed by atoms with Gasteiger partial charge in [-0.25, -0.2) is 13.6 Å². The molecule has 4 nitrogen and oxygen atoms in total. The summed E-state index contributed by atoms with van der Waals surface area (Å²) in [6.07, 6.45) is -1.92. The molecular weight excluding hydrogens is 256 g/mol. The molecule has 0 spiro atoms. The zero-order chi connectivity index (χ0) is 14.6. The fraction of sp³-hybridized carbons (Fsp3) is 0.462. The summed E-state index contributed by atoms with van der Waals surface area (Å²) >= 11 is 0. The highest BCUT2D eigenvalue weighted by Crippen LogP contribution is 2.16. The Hall–Kier alpha value is -1.69. The molecule has 0 saturated carbocycles. The van der Waals surface area contributed by atoms with Crippen LogP contribution < -0.4 is 5.32 Å². The first-order valence-corrected chi connectivity index (χ1v) is 5.78. The van der Waals surface area contributed by atoms with E-state index < -0.39 is 29.4 Å². The van der Waals surface area contributed by atoms with Crippen molar-refractivity contribution in [1.29, 1.82) is 0 Å². The standard InChI is InChI=1S/C13H17F2NO3/c1-13(2,3)19-12(18)16-7-11(17)8-4-9(14)6-10(15)5-8/h4-6,11,17H,7H2,1-3H3,(H,16,18). The van der Waals surface area contributed by atoms with Gasteiger partial charge < -0.3 is 15.2 Å². The fourth-order valence-electron chi connectivity index (χ4n) is 1.38. The zero-order valence-electron chi connectivity index (χ0n) is 11.0. The molecule has 0 heterocycles. The van der Waals surface area contributed by atoms with Gasteiger partial charge in [-0.05, 0) is 38.5 Å². The maximum Gasteiger partial charge on any atom is 0.407 e. The summed E-state index contributed by atoms with van der Waals surface area (Å²) in [4.78, 5) is 11.3. The van der Waals surface area contributed by atoms with Crippen LogP contribution in [0.4, 0.5) is 13.6 Å². The molecule has 0 radical (unpaired) electrons. The second-order valence-electron chi connectivity index (χ2n) is 5.10. The van der Waals surface area contributed by atoms with Crippen LogP contribution in [0.15, 0.2) is 18.2 Å². The highest BCUT2D eigenvalue weighted by molar-refractivity contribution is 5.67. The number of carbonyl (C=O) groups excluding carboxylic acids is 1. The van der Waals surface area contributed by atoms with E-state index >= 15 is 0 Å². The summed E-state index contributed by atoms with van der Waals surface area (Å²) in [6.45, 7) is 4.90. The Bertz CT molecular complexity index is 437.